The third-order valence-corrected chi connectivity index (χ3v) is 5.04. The number of rotatable bonds is 5. The number of aromatic nitrogens is 2. The molecule has 1 heterocycles. The number of hydrogen-bond donors (Lipinski definition) is 1. The first-order valence-corrected chi connectivity index (χ1v) is 8.44. The molecule has 1 aromatic heterocycles. The first-order valence-electron chi connectivity index (χ1n) is 7.45. The van der Waals surface area contributed by atoms with Gasteiger partial charge in [0.25, 0.3) is 0 Å². The minimum Gasteiger partial charge on any atom is -0.339 e. The molecule has 1 N–H and O–H groups in total. The summed E-state index contributed by atoms with van der Waals surface area (Å²) in [6.07, 6.45) is 3.56. The van der Waals surface area contributed by atoms with Crippen LogP contribution in [0, 0.1) is 6.92 Å². The van der Waals surface area contributed by atoms with E-state index in [1.165, 1.54) is 23.3 Å². The fourth-order valence-corrected chi connectivity index (χ4v) is 3.79. The Labute approximate surface area is 129 Å². The normalized spacial score (nSPS) is 21.8. The lowest BCUT2D eigenvalue weighted by molar-refractivity contribution is 0.333. The van der Waals surface area contributed by atoms with Crippen LogP contribution in [0.5, 0.6) is 0 Å². The molecule has 2 atom stereocenters. The zero-order valence-electron chi connectivity index (χ0n) is 12.5. The van der Waals surface area contributed by atoms with Crippen molar-refractivity contribution in [2.45, 2.75) is 48.8 Å². The Bertz CT molecular complexity index is 599. The topological polar surface area (TPSA) is 51.0 Å². The van der Waals surface area contributed by atoms with Gasteiger partial charge in [-0.05, 0) is 38.9 Å². The van der Waals surface area contributed by atoms with Crippen molar-refractivity contribution in [3.63, 3.8) is 0 Å². The maximum absolute atomic E-state index is 5.48. The van der Waals surface area contributed by atoms with Gasteiger partial charge in [0.1, 0.15) is 0 Å². The van der Waals surface area contributed by atoms with Gasteiger partial charge in [-0.15, -0.1) is 11.8 Å². The molecular formula is C16H21N3OS. The fourth-order valence-electron chi connectivity index (χ4n) is 2.93. The van der Waals surface area contributed by atoms with Crippen LogP contribution < -0.4 is 5.32 Å². The summed E-state index contributed by atoms with van der Waals surface area (Å²) in [5, 5.41) is 7.49. The van der Waals surface area contributed by atoms with E-state index in [4.69, 9.17) is 4.52 Å². The van der Waals surface area contributed by atoms with Crippen molar-refractivity contribution in [2.24, 2.45) is 0 Å². The van der Waals surface area contributed by atoms with Gasteiger partial charge in [0.15, 0.2) is 5.82 Å². The maximum Gasteiger partial charge on any atom is 0.231 e. The maximum atomic E-state index is 5.48. The molecule has 0 radical (unpaired) electrons. The van der Waals surface area contributed by atoms with Crippen LogP contribution in [0.1, 0.15) is 42.5 Å². The van der Waals surface area contributed by atoms with E-state index in [1.54, 1.807) is 11.8 Å². The van der Waals surface area contributed by atoms with E-state index in [0.29, 0.717) is 12.0 Å². The second-order valence-electron chi connectivity index (χ2n) is 5.59. The summed E-state index contributed by atoms with van der Waals surface area (Å²) >= 11 is 1.75. The molecule has 0 bridgehead atoms. The quantitative estimate of drug-likeness (QED) is 0.856. The van der Waals surface area contributed by atoms with Crippen LogP contribution in [0.25, 0.3) is 0 Å². The van der Waals surface area contributed by atoms with Crippen LogP contribution in [0.3, 0.4) is 0 Å². The van der Waals surface area contributed by atoms with Crippen LogP contribution in [-0.4, -0.2) is 23.2 Å². The first-order chi connectivity index (χ1) is 10.3. The van der Waals surface area contributed by atoms with E-state index in [0.717, 1.165) is 23.9 Å². The summed E-state index contributed by atoms with van der Waals surface area (Å²) in [6.45, 7) is 2.11. The minimum absolute atomic E-state index is 0.375. The van der Waals surface area contributed by atoms with Crippen molar-refractivity contribution in [2.75, 3.05) is 7.05 Å². The molecule has 5 heteroatoms. The Hall–Kier alpha value is -1.33. The van der Waals surface area contributed by atoms with Gasteiger partial charge >= 0.3 is 0 Å². The Morgan fingerprint density at radius 3 is 3.10 bits per heavy atom. The molecular weight excluding hydrogens is 282 g/mol. The third kappa shape index (κ3) is 3.47. The van der Waals surface area contributed by atoms with Gasteiger partial charge in [-0.25, -0.2) is 0 Å². The predicted molar refractivity (Wildman–Crippen MR) is 84.5 cm³/mol. The van der Waals surface area contributed by atoms with Gasteiger partial charge < -0.3 is 9.84 Å². The average Bonchev–Trinajstić information content (AvgIpc) is 3.13. The minimum atomic E-state index is 0.375. The molecule has 1 aliphatic carbocycles. The second-order valence-corrected chi connectivity index (χ2v) is 6.64. The van der Waals surface area contributed by atoms with Crippen molar-refractivity contribution in [1.82, 2.24) is 15.5 Å². The van der Waals surface area contributed by atoms with E-state index in [1.807, 2.05) is 7.05 Å². The highest BCUT2D eigenvalue weighted by molar-refractivity contribution is 7.98. The number of hydrogen-bond acceptors (Lipinski definition) is 5. The van der Waals surface area contributed by atoms with E-state index in [2.05, 4.69) is 46.6 Å². The van der Waals surface area contributed by atoms with E-state index in [9.17, 15) is 0 Å². The van der Waals surface area contributed by atoms with Crippen LogP contribution >= 0.6 is 11.8 Å². The Morgan fingerprint density at radius 2 is 2.29 bits per heavy atom. The number of likely N-dealkylation sites (N-methyl/N-ethyl adjacent to an activating group) is 1. The molecule has 21 heavy (non-hydrogen) atoms. The first kappa shape index (κ1) is 14.6. The van der Waals surface area contributed by atoms with E-state index >= 15 is 0 Å². The standard InChI is InChI=1S/C16H21N3OS/c1-11-5-3-6-12(9-11)21-10-15-18-16(20-19-15)13-7-4-8-14(13)17-2/h3,5-6,9,13-14,17H,4,7-8,10H2,1-2H3. The van der Waals surface area contributed by atoms with Crippen molar-refractivity contribution in [3.05, 3.63) is 41.5 Å². The smallest absolute Gasteiger partial charge is 0.231 e. The molecule has 0 aliphatic heterocycles. The number of nitrogens with one attached hydrogen (secondary N) is 1. The SMILES string of the molecule is CNC1CCCC1c1nc(CSc2cccc(C)c2)no1. The van der Waals surface area contributed by atoms with Gasteiger partial charge in [0.05, 0.1) is 11.7 Å². The van der Waals surface area contributed by atoms with Gasteiger partial charge in [0, 0.05) is 10.9 Å². The lowest BCUT2D eigenvalue weighted by Crippen LogP contribution is -2.27. The molecule has 4 nitrogen and oxygen atoms in total. The largest absolute Gasteiger partial charge is 0.339 e. The van der Waals surface area contributed by atoms with E-state index < -0.39 is 0 Å². The summed E-state index contributed by atoms with van der Waals surface area (Å²) in [6, 6.07) is 8.96. The van der Waals surface area contributed by atoms with Crippen molar-refractivity contribution >= 4 is 11.8 Å². The van der Waals surface area contributed by atoms with Crippen LogP contribution in [0.2, 0.25) is 0 Å². The zero-order valence-corrected chi connectivity index (χ0v) is 13.3. The number of nitrogens with zero attached hydrogens (tertiary/aromatic N) is 2. The number of benzene rings is 1. The molecule has 1 aromatic carbocycles. The fraction of sp³-hybridized carbons (Fsp3) is 0.500. The molecule has 2 unspecified atom stereocenters. The molecule has 0 saturated heterocycles. The highest BCUT2D eigenvalue weighted by Crippen LogP contribution is 2.34. The number of thioether (sulfide) groups is 1. The molecule has 3 rings (SSSR count). The summed E-state index contributed by atoms with van der Waals surface area (Å²) < 4.78 is 5.48. The van der Waals surface area contributed by atoms with Crippen LogP contribution in [-0.2, 0) is 5.75 Å². The van der Waals surface area contributed by atoms with Crippen molar-refractivity contribution in [3.8, 4) is 0 Å². The summed E-state index contributed by atoms with van der Waals surface area (Å²) in [7, 11) is 2.01. The van der Waals surface area contributed by atoms with E-state index in [-0.39, 0.29) is 0 Å². The summed E-state index contributed by atoms with van der Waals surface area (Å²) in [5.74, 6) is 2.72. The van der Waals surface area contributed by atoms with Gasteiger partial charge in [-0.3, -0.25) is 0 Å². The van der Waals surface area contributed by atoms with Gasteiger partial charge in [-0.1, -0.05) is 29.3 Å². The molecule has 1 saturated carbocycles. The predicted octanol–water partition coefficient (Wildman–Crippen LogP) is 3.53. The molecule has 1 aliphatic rings. The zero-order chi connectivity index (χ0) is 14.7. The van der Waals surface area contributed by atoms with Gasteiger partial charge in [0.2, 0.25) is 5.89 Å². The monoisotopic (exact) mass is 303 g/mol. The van der Waals surface area contributed by atoms with Crippen LogP contribution in [0.15, 0.2) is 33.7 Å². The molecule has 112 valence electrons. The summed E-state index contributed by atoms with van der Waals surface area (Å²) in [4.78, 5) is 5.83. The lowest BCUT2D eigenvalue weighted by atomic mass is 10.0. The number of aryl methyl sites for hydroxylation is 1. The summed E-state index contributed by atoms with van der Waals surface area (Å²) in [5.41, 5.74) is 1.27. The average molecular weight is 303 g/mol. The highest BCUT2D eigenvalue weighted by atomic mass is 32.2. The second kappa shape index (κ2) is 6.62. The molecule has 1 fully saturated rings. The molecule has 0 spiro atoms. The highest BCUT2D eigenvalue weighted by Gasteiger charge is 2.31. The Morgan fingerprint density at radius 1 is 1.38 bits per heavy atom. The Balaban J connectivity index is 1.63. The molecule has 2 aromatic rings. The van der Waals surface area contributed by atoms with Crippen LogP contribution in [0.4, 0.5) is 0 Å². The molecule has 0 amide bonds. The third-order valence-electron chi connectivity index (χ3n) is 4.05. The Kier molecular flexibility index (Phi) is 4.60. The lowest BCUT2D eigenvalue weighted by Gasteiger charge is -2.14. The van der Waals surface area contributed by atoms with Crippen molar-refractivity contribution < 1.29 is 4.52 Å². The van der Waals surface area contributed by atoms with Crippen molar-refractivity contribution in [1.29, 1.82) is 0 Å². The van der Waals surface area contributed by atoms with Gasteiger partial charge in [-0.2, -0.15) is 4.98 Å².